The molecule has 7 heteroatoms. The maximum atomic E-state index is 12.0. The van der Waals surface area contributed by atoms with E-state index in [1.54, 1.807) is 24.3 Å². The molecular weight excluding hydrogens is 344 g/mol. The molecule has 0 fully saturated rings. The lowest BCUT2D eigenvalue weighted by Gasteiger charge is -2.16. The summed E-state index contributed by atoms with van der Waals surface area (Å²) in [5.74, 6) is -0.902. The first-order chi connectivity index (χ1) is 13.0. The van der Waals surface area contributed by atoms with Crippen molar-refractivity contribution < 1.29 is 14.4 Å². The van der Waals surface area contributed by atoms with Gasteiger partial charge in [-0.25, -0.2) is 4.79 Å². The largest absolute Gasteiger partial charge is 0.368 e. The van der Waals surface area contributed by atoms with Gasteiger partial charge in [0.15, 0.2) is 0 Å². The van der Waals surface area contributed by atoms with E-state index in [2.05, 4.69) is 22.9 Å². The van der Waals surface area contributed by atoms with E-state index < -0.39 is 18.0 Å². The average molecular weight is 377 g/mol. The molecule has 7 nitrogen and oxygen atoms in total. The Morgan fingerprint density at radius 1 is 0.963 bits per heavy atom. The number of hydrogen-bond acceptors (Lipinski definition) is 3. The van der Waals surface area contributed by atoms with Crippen LogP contribution in [0.4, 0.5) is 10.5 Å². The molecule has 0 aliphatic heterocycles. The third-order valence-electron chi connectivity index (χ3n) is 4.18. The molecule has 5 N–H and O–H groups in total. The van der Waals surface area contributed by atoms with Gasteiger partial charge in [-0.15, -0.1) is 0 Å². The number of benzene rings is 1. The van der Waals surface area contributed by atoms with Gasteiger partial charge in [0.05, 0.1) is 0 Å². The standard InChI is InChI=1S/C20H32N4O3/c1-2-3-4-5-6-7-11-14-18(25)24-17(19(21)26)15-22-20(27)23-16-12-9-8-10-13-16/h8-10,12-13,17H,2-7,11,14-15H2,1H3,(H2,21,26)(H,24,25)(H2,22,23,27)/t17-/m0/s1. The van der Waals surface area contributed by atoms with Crippen LogP contribution in [-0.4, -0.2) is 30.4 Å². The third kappa shape index (κ3) is 10.9. The predicted octanol–water partition coefficient (Wildman–Crippen LogP) is 2.92. The molecule has 0 spiro atoms. The first-order valence-corrected chi connectivity index (χ1v) is 9.71. The smallest absolute Gasteiger partial charge is 0.319 e. The molecule has 0 aromatic heterocycles. The number of urea groups is 1. The summed E-state index contributed by atoms with van der Waals surface area (Å²) in [5, 5.41) is 7.78. The van der Waals surface area contributed by atoms with E-state index in [1.807, 2.05) is 6.07 Å². The van der Waals surface area contributed by atoms with Crippen molar-refractivity contribution >= 4 is 23.5 Å². The molecule has 1 aromatic rings. The molecule has 0 aliphatic carbocycles. The molecule has 1 aromatic carbocycles. The normalized spacial score (nSPS) is 11.4. The van der Waals surface area contributed by atoms with Crippen LogP contribution in [-0.2, 0) is 9.59 Å². The number of primary amides is 1. The second-order valence-electron chi connectivity index (χ2n) is 6.59. The SMILES string of the molecule is CCCCCCCCCC(=O)N[C@@H](CNC(=O)Nc1ccccc1)C(N)=O. The number of para-hydroxylation sites is 1. The fourth-order valence-corrected chi connectivity index (χ4v) is 2.62. The van der Waals surface area contributed by atoms with Gasteiger partial charge >= 0.3 is 6.03 Å². The minimum absolute atomic E-state index is 0.0588. The maximum Gasteiger partial charge on any atom is 0.319 e. The van der Waals surface area contributed by atoms with Gasteiger partial charge in [0.1, 0.15) is 6.04 Å². The molecule has 27 heavy (non-hydrogen) atoms. The van der Waals surface area contributed by atoms with Crippen LogP contribution in [0.15, 0.2) is 30.3 Å². The Hall–Kier alpha value is -2.57. The van der Waals surface area contributed by atoms with Crippen LogP contribution < -0.4 is 21.7 Å². The van der Waals surface area contributed by atoms with Crippen molar-refractivity contribution in [2.24, 2.45) is 5.73 Å². The summed E-state index contributed by atoms with van der Waals surface area (Å²) in [6, 6.07) is 7.53. The summed E-state index contributed by atoms with van der Waals surface area (Å²) in [5.41, 5.74) is 5.95. The zero-order chi connectivity index (χ0) is 19.9. The van der Waals surface area contributed by atoms with E-state index in [1.165, 1.54) is 25.7 Å². The summed E-state index contributed by atoms with van der Waals surface area (Å²) in [6.07, 6.45) is 8.16. The summed E-state index contributed by atoms with van der Waals surface area (Å²) in [6.45, 7) is 2.12. The first kappa shape index (κ1) is 22.5. The Labute approximate surface area is 161 Å². The van der Waals surface area contributed by atoms with E-state index in [4.69, 9.17) is 5.73 Å². The van der Waals surface area contributed by atoms with Crippen molar-refractivity contribution in [1.82, 2.24) is 10.6 Å². The number of amides is 4. The second kappa shape index (κ2) is 13.6. The molecule has 0 saturated heterocycles. The summed E-state index contributed by atoms with van der Waals surface area (Å²) < 4.78 is 0. The second-order valence-corrected chi connectivity index (χ2v) is 6.59. The Morgan fingerprint density at radius 3 is 2.22 bits per heavy atom. The molecule has 0 unspecified atom stereocenters. The Bertz CT molecular complexity index is 578. The van der Waals surface area contributed by atoms with Gasteiger partial charge in [-0.05, 0) is 18.6 Å². The monoisotopic (exact) mass is 376 g/mol. The highest BCUT2D eigenvalue weighted by atomic mass is 16.2. The van der Waals surface area contributed by atoms with Crippen LogP contribution >= 0.6 is 0 Å². The zero-order valence-electron chi connectivity index (χ0n) is 16.1. The number of rotatable bonds is 13. The van der Waals surface area contributed by atoms with Crippen molar-refractivity contribution in [3.63, 3.8) is 0 Å². The van der Waals surface area contributed by atoms with Crippen molar-refractivity contribution in [2.45, 2.75) is 64.3 Å². The highest BCUT2D eigenvalue weighted by molar-refractivity contribution is 5.91. The Morgan fingerprint density at radius 2 is 1.59 bits per heavy atom. The summed E-state index contributed by atoms with van der Waals surface area (Å²) in [7, 11) is 0. The number of carbonyl (C=O) groups excluding carboxylic acids is 3. The molecule has 0 aliphatic rings. The number of hydrogen-bond donors (Lipinski definition) is 4. The number of nitrogens with one attached hydrogen (secondary N) is 3. The Kier molecular flexibility index (Phi) is 11.3. The minimum Gasteiger partial charge on any atom is -0.368 e. The van der Waals surface area contributed by atoms with Gasteiger partial charge in [0, 0.05) is 18.7 Å². The Balaban J connectivity index is 2.25. The molecule has 4 amide bonds. The maximum absolute atomic E-state index is 12.0. The first-order valence-electron chi connectivity index (χ1n) is 9.71. The van der Waals surface area contributed by atoms with Crippen LogP contribution in [0.5, 0.6) is 0 Å². The molecule has 0 bridgehead atoms. The highest BCUT2D eigenvalue weighted by Crippen LogP contribution is 2.08. The van der Waals surface area contributed by atoms with E-state index in [-0.39, 0.29) is 12.5 Å². The lowest BCUT2D eigenvalue weighted by atomic mass is 10.1. The van der Waals surface area contributed by atoms with Gasteiger partial charge in [0.2, 0.25) is 11.8 Å². The lowest BCUT2D eigenvalue weighted by molar-refractivity contribution is -0.127. The molecule has 0 heterocycles. The van der Waals surface area contributed by atoms with E-state index >= 15 is 0 Å². The zero-order valence-corrected chi connectivity index (χ0v) is 16.1. The van der Waals surface area contributed by atoms with Crippen molar-refractivity contribution in [3.05, 3.63) is 30.3 Å². The summed E-state index contributed by atoms with van der Waals surface area (Å²) in [4.78, 5) is 35.4. The molecule has 0 saturated carbocycles. The third-order valence-corrected chi connectivity index (χ3v) is 4.18. The van der Waals surface area contributed by atoms with Gasteiger partial charge in [-0.1, -0.05) is 63.6 Å². The highest BCUT2D eigenvalue weighted by Gasteiger charge is 2.18. The number of nitrogens with two attached hydrogens (primary N) is 1. The fourth-order valence-electron chi connectivity index (χ4n) is 2.62. The predicted molar refractivity (Wildman–Crippen MR) is 107 cm³/mol. The van der Waals surface area contributed by atoms with Crippen LogP contribution in [0.25, 0.3) is 0 Å². The van der Waals surface area contributed by atoms with Crippen LogP contribution in [0.1, 0.15) is 58.3 Å². The van der Waals surface area contributed by atoms with Crippen LogP contribution in [0.3, 0.4) is 0 Å². The van der Waals surface area contributed by atoms with Crippen molar-refractivity contribution in [2.75, 3.05) is 11.9 Å². The topological polar surface area (TPSA) is 113 Å². The number of carbonyl (C=O) groups is 3. The number of unbranched alkanes of at least 4 members (excludes halogenated alkanes) is 6. The van der Waals surface area contributed by atoms with Gasteiger partial charge in [0.25, 0.3) is 0 Å². The van der Waals surface area contributed by atoms with E-state index in [0.29, 0.717) is 12.1 Å². The van der Waals surface area contributed by atoms with E-state index in [9.17, 15) is 14.4 Å². The quantitative estimate of drug-likeness (QED) is 0.397. The number of anilines is 1. The van der Waals surface area contributed by atoms with Crippen LogP contribution in [0.2, 0.25) is 0 Å². The van der Waals surface area contributed by atoms with E-state index in [0.717, 1.165) is 19.3 Å². The van der Waals surface area contributed by atoms with Gasteiger partial charge in [-0.3, -0.25) is 9.59 Å². The minimum atomic E-state index is -0.927. The average Bonchev–Trinajstić information content (AvgIpc) is 2.65. The van der Waals surface area contributed by atoms with Gasteiger partial charge in [-0.2, -0.15) is 0 Å². The fraction of sp³-hybridized carbons (Fsp3) is 0.550. The molecule has 0 radical (unpaired) electrons. The lowest BCUT2D eigenvalue weighted by Crippen LogP contribution is -2.51. The molecule has 150 valence electrons. The van der Waals surface area contributed by atoms with Crippen LogP contribution in [0, 0.1) is 0 Å². The van der Waals surface area contributed by atoms with Crippen molar-refractivity contribution in [3.8, 4) is 0 Å². The van der Waals surface area contributed by atoms with Crippen molar-refractivity contribution in [1.29, 1.82) is 0 Å². The van der Waals surface area contributed by atoms with Gasteiger partial charge < -0.3 is 21.7 Å². The molecule has 1 atom stereocenters. The summed E-state index contributed by atoms with van der Waals surface area (Å²) >= 11 is 0. The molecular formula is C20H32N4O3. The molecule has 1 rings (SSSR count).